The number of methoxy groups -OCH3 is 2. The van der Waals surface area contributed by atoms with E-state index >= 15 is 0 Å². The molecular weight excluding hydrogens is 337 g/mol. The molecular formula is C19H22FN3O3. The molecule has 1 heterocycles. The largest absolute Gasteiger partial charge is 0.480 e. The van der Waals surface area contributed by atoms with Crippen LogP contribution in [-0.4, -0.2) is 35.6 Å². The molecule has 0 fully saturated rings. The number of ether oxygens (including phenoxy) is 2. The number of rotatable bonds is 7. The topological polar surface area (TPSA) is 73.3 Å². The molecule has 1 amide bonds. The van der Waals surface area contributed by atoms with E-state index in [2.05, 4.69) is 15.3 Å². The number of nitrogens with one attached hydrogen (secondary N) is 1. The molecule has 1 N–H and O–H groups in total. The minimum Gasteiger partial charge on any atom is -0.480 e. The van der Waals surface area contributed by atoms with Crippen molar-refractivity contribution in [3.63, 3.8) is 0 Å². The van der Waals surface area contributed by atoms with Crippen molar-refractivity contribution in [3.05, 3.63) is 53.5 Å². The van der Waals surface area contributed by atoms with Gasteiger partial charge in [0.1, 0.15) is 5.82 Å². The number of carbonyl (C=O) groups is 1. The summed E-state index contributed by atoms with van der Waals surface area (Å²) in [6.07, 6.45) is 5.04. The maximum Gasteiger partial charge on any atom is 0.319 e. The van der Waals surface area contributed by atoms with E-state index in [0.717, 1.165) is 5.56 Å². The summed E-state index contributed by atoms with van der Waals surface area (Å²) in [6.45, 7) is 3.80. The Morgan fingerprint density at radius 2 is 1.92 bits per heavy atom. The van der Waals surface area contributed by atoms with E-state index in [1.165, 1.54) is 38.6 Å². The molecule has 0 saturated heterocycles. The van der Waals surface area contributed by atoms with Crippen LogP contribution in [0.3, 0.4) is 0 Å². The Kier molecular flexibility index (Phi) is 6.27. The zero-order valence-corrected chi connectivity index (χ0v) is 15.2. The molecule has 0 saturated carbocycles. The minimum absolute atomic E-state index is 0.184. The summed E-state index contributed by atoms with van der Waals surface area (Å²) < 4.78 is 23.1. The van der Waals surface area contributed by atoms with Gasteiger partial charge in [-0.05, 0) is 44.0 Å². The first kappa shape index (κ1) is 19.4. The summed E-state index contributed by atoms with van der Waals surface area (Å²) in [5.41, 5.74) is 0.991. The molecule has 7 heteroatoms. The first-order valence-electron chi connectivity index (χ1n) is 8.02. The average Bonchev–Trinajstić information content (AvgIpc) is 2.61. The van der Waals surface area contributed by atoms with E-state index in [1.54, 1.807) is 18.2 Å². The van der Waals surface area contributed by atoms with E-state index in [4.69, 9.17) is 9.47 Å². The number of nitrogens with zero attached hydrogens (tertiary/aromatic N) is 2. The Bertz CT molecular complexity index is 789. The van der Waals surface area contributed by atoms with Crippen LogP contribution in [0.15, 0.2) is 36.5 Å². The summed E-state index contributed by atoms with van der Waals surface area (Å²) in [4.78, 5) is 20.3. The van der Waals surface area contributed by atoms with E-state index in [1.807, 2.05) is 13.8 Å². The second-order valence-corrected chi connectivity index (χ2v) is 6.33. The molecule has 0 unspecified atom stereocenters. The van der Waals surface area contributed by atoms with Gasteiger partial charge in [0.25, 0.3) is 0 Å². The van der Waals surface area contributed by atoms with Gasteiger partial charge in [-0.15, -0.1) is 0 Å². The zero-order valence-electron chi connectivity index (χ0n) is 15.2. The van der Waals surface area contributed by atoms with Crippen LogP contribution in [-0.2, 0) is 11.2 Å². The van der Waals surface area contributed by atoms with Gasteiger partial charge in [-0.2, -0.15) is 4.98 Å². The SMILES string of the molecule is COc1ncc(C=CC(=O)NC(C)(C)Cc2ccc(F)cc2)c(OC)n1. The maximum atomic E-state index is 13.0. The smallest absolute Gasteiger partial charge is 0.319 e. The molecule has 0 spiro atoms. The predicted molar refractivity (Wildman–Crippen MR) is 96.5 cm³/mol. The molecule has 0 radical (unpaired) electrons. The standard InChI is InChI=1S/C19H22FN3O3/c1-19(2,11-13-5-8-15(20)9-6-13)23-16(24)10-7-14-12-21-18(26-4)22-17(14)25-3/h5-10,12H,11H2,1-4H3,(H,23,24). The molecule has 2 aromatic rings. The van der Waals surface area contributed by atoms with Gasteiger partial charge in [-0.1, -0.05) is 12.1 Å². The highest BCUT2D eigenvalue weighted by molar-refractivity contribution is 5.92. The van der Waals surface area contributed by atoms with Crippen LogP contribution in [0.4, 0.5) is 4.39 Å². The van der Waals surface area contributed by atoms with Gasteiger partial charge >= 0.3 is 6.01 Å². The molecule has 0 bridgehead atoms. The molecule has 0 aliphatic heterocycles. The lowest BCUT2D eigenvalue weighted by Gasteiger charge is -2.25. The van der Waals surface area contributed by atoms with Gasteiger partial charge in [0.15, 0.2) is 0 Å². The number of benzene rings is 1. The van der Waals surface area contributed by atoms with Gasteiger partial charge in [0, 0.05) is 17.8 Å². The number of aromatic nitrogens is 2. The van der Waals surface area contributed by atoms with Crippen LogP contribution in [0.5, 0.6) is 11.9 Å². The normalized spacial score (nSPS) is 11.4. The van der Waals surface area contributed by atoms with Crippen molar-refractivity contribution in [1.82, 2.24) is 15.3 Å². The van der Waals surface area contributed by atoms with Gasteiger partial charge in [-0.3, -0.25) is 4.79 Å². The maximum absolute atomic E-state index is 13.0. The molecule has 1 aromatic carbocycles. The number of hydrogen-bond acceptors (Lipinski definition) is 5. The first-order chi connectivity index (χ1) is 12.3. The van der Waals surface area contributed by atoms with Crippen molar-refractivity contribution in [2.75, 3.05) is 14.2 Å². The van der Waals surface area contributed by atoms with Crippen LogP contribution in [0.25, 0.3) is 6.08 Å². The third-order valence-electron chi connectivity index (χ3n) is 3.57. The van der Waals surface area contributed by atoms with Crippen molar-refractivity contribution in [3.8, 4) is 11.9 Å². The second kappa shape index (κ2) is 8.42. The first-order valence-corrected chi connectivity index (χ1v) is 8.02. The van der Waals surface area contributed by atoms with E-state index in [-0.39, 0.29) is 17.7 Å². The molecule has 1 aromatic heterocycles. The van der Waals surface area contributed by atoms with Crippen LogP contribution >= 0.6 is 0 Å². The van der Waals surface area contributed by atoms with Crippen LogP contribution in [0.2, 0.25) is 0 Å². The van der Waals surface area contributed by atoms with Crippen molar-refractivity contribution in [2.45, 2.75) is 25.8 Å². The highest BCUT2D eigenvalue weighted by Gasteiger charge is 2.20. The third-order valence-corrected chi connectivity index (χ3v) is 3.57. The Morgan fingerprint density at radius 1 is 1.23 bits per heavy atom. The number of carbonyl (C=O) groups excluding carboxylic acids is 1. The fourth-order valence-corrected chi connectivity index (χ4v) is 2.43. The van der Waals surface area contributed by atoms with Crippen molar-refractivity contribution in [2.24, 2.45) is 0 Å². The lowest BCUT2D eigenvalue weighted by atomic mass is 9.95. The molecule has 6 nitrogen and oxygen atoms in total. The van der Waals surface area contributed by atoms with Crippen molar-refractivity contribution in [1.29, 1.82) is 0 Å². The molecule has 0 atom stereocenters. The third kappa shape index (κ3) is 5.54. The van der Waals surface area contributed by atoms with Crippen LogP contribution in [0, 0.1) is 5.82 Å². The van der Waals surface area contributed by atoms with Gasteiger partial charge in [-0.25, -0.2) is 9.37 Å². The Labute approximate surface area is 152 Å². The average molecular weight is 359 g/mol. The lowest BCUT2D eigenvalue weighted by Crippen LogP contribution is -2.44. The fraction of sp³-hybridized carbons (Fsp3) is 0.316. The molecule has 2 rings (SSSR count). The molecule has 0 aliphatic rings. The second-order valence-electron chi connectivity index (χ2n) is 6.33. The zero-order chi connectivity index (χ0) is 19.2. The Morgan fingerprint density at radius 3 is 2.54 bits per heavy atom. The highest BCUT2D eigenvalue weighted by Crippen LogP contribution is 2.19. The quantitative estimate of drug-likeness (QED) is 0.770. The summed E-state index contributed by atoms with van der Waals surface area (Å²) >= 11 is 0. The minimum atomic E-state index is -0.500. The fourth-order valence-electron chi connectivity index (χ4n) is 2.43. The summed E-state index contributed by atoms with van der Waals surface area (Å²) in [5, 5.41) is 2.92. The number of halogens is 1. The lowest BCUT2D eigenvalue weighted by molar-refractivity contribution is -0.117. The van der Waals surface area contributed by atoms with Gasteiger partial charge < -0.3 is 14.8 Å². The van der Waals surface area contributed by atoms with Crippen LogP contribution in [0.1, 0.15) is 25.0 Å². The molecule has 26 heavy (non-hydrogen) atoms. The summed E-state index contributed by atoms with van der Waals surface area (Å²) in [5.74, 6) is -0.240. The van der Waals surface area contributed by atoms with E-state index in [0.29, 0.717) is 17.9 Å². The molecule has 0 aliphatic carbocycles. The monoisotopic (exact) mass is 359 g/mol. The van der Waals surface area contributed by atoms with E-state index in [9.17, 15) is 9.18 Å². The predicted octanol–water partition coefficient (Wildman–Crippen LogP) is 2.78. The highest BCUT2D eigenvalue weighted by atomic mass is 19.1. The van der Waals surface area contributed by atoms with E-state index < -0.39 is 5.54 Å². The number of amides is 1. The van der Waals surface area contributed by atoms with Crippen LogP contribution < -0.4 is 14.8 Å². The summed E-state index contributed by atoms with van der Waals surface area (Å²) in [6, 6.07) is 6.41. The number of hydrogen-bond donors (Lipinski definition) is 1. The Hall–Kier alpha value is -2.96. The van der Waals surface area contributed by atoms with Crippen molar-refractivity contribution >= 4 is 12.0 Å². The van der Waals surface area contributed by atoms with Gasteiger partial charge in [0.2, 0.25) is 11.8 Å². The van der Waals surface area contributed by atoms with Gasteiger partial charge in [0.05, 0.1) is 19.8 Å². The summed E-state index contributed by atoms with van der Waals surface area (Å²) in [7, 11) is 2.94. The molecule has 138 valence electrons. The van der Waals surface area contributed by atoms with Crippen molar-refractivity contribution < 1.29 is 18.7 Å². The Balaban J connectivity index is 2.02.